The fourth-order valence-corrected chi connectivity index (χ4v) is 2.37. The zero-order chi connectivity index (χ0) is 3.54. The van der Waals surface area contributed by atoms with Crippen molar-refractivity contribution in [3.63, 3.8) is 0 Å². The van der Waals surface area contributed by atoms with Crippen molar-refractivity contribution in [2.75, 3.05) is 0 Å². The molecule has 0 fully saturated rings. The first-order valence-corrected chi connectivity index (χ1v) is 4.39. The van der Waals surface area contributed by atoms with E-state index in [1.807, 2.05) is 0 Å². The minimum atomic E-state index is 0.729. The Morgan fingerprint density at radius 1 is 1.60 bits per heavy atom. The van der Waals surface area contributed by atoms with Crippen molar-refractivity contribution in [1.82, 2.24) is 0 Å². The van der Waals surface area contributed by atoms with Gasteiger partial charge < -0.3 is 0 Å². The quantitative estimate of drug-likeness (QED) is 0.423. The molecule has 0 saturated heterocycles. The van der Waals surface area contributed by atoms with E-state index in [0.29, 0.717) is 0 Å². The molecule has 0 N–H and O–H groups in total. The van der Waals surface area contributed by atoms with Gasteiger partial charge in [0.05, 0.1) is 0 Å². The summed E-state index contributed by atoms with van der Waals surface area (Å²) in [5.74, 6) is 0. The Balaban J connectivity index is 2.32. The van der Waals surface area contributed by atoms with Gasteiger partial charge in [-0.1, -0.05) is 0 Å². The second-order valence-corrected chi connectivity index (χ2v) is 3.70. The molecule has 28 valence electrons. The second-order valence-electron chi connectivity index (χ2n) is 1.23. The molecule has 1 aliphatic heterocycles. The molecule has 0 nitrogen and oxygen atoms in total. The molecule has 0 aliphatic carbocycles. The van der Waals surface area contributed by atoms with Crippen LogP contribution in [0.15, 0.2) is 0 Å². The monoisotopic (exact) mass is 130 g/mol. The van der Waals surface area contributed by atoms with Crippen LogP contribution in [0.25, 0.3) is 0 Å². The van der Waals surface area contributed by atoms with E-state index in [4.69, 9.17) is 0 Å². The van der Waals surface area contributed by atoms with Gasteiger partial charge in [-0.2, -0.15) is 0 Å². The van der Waals surface area contributed by atoms with Gasteiger partial charge in [-0.15, -0.1) is 0 Å². The van der Waals surface area contributed by atoms with Crippen molar-refractivity contribution in [2.24, 2.45) is 0 Å². The summed E-state index contributed by atoms with van der Waals surface area (Å²) in [6.07, 6.45) is 2.90. The number of rotatable bonds is 0. The molecule has 0 aromatic heterocycles. The second kappa shape index (κ2) is 1.77. The van der Waals surface area contributed by atoms with Crippen LogP contribution in [0, 0.1) is 0 Å². The van der Waals surface area contributed by atoms with E-state index in [0.717, 1.165) is 15.3 Å². The van der Waals surface area contributed by atoms with Gasteiger partial charge in [0.15, 0.2) is 0 Å². The van der Waals surface area contributed by atoms with Gasteiger partial charge in [-0.3, -0.25) is 0 Å². The fraction of sp³-hybridized carbons (Fsp3) is 0.750. The van der Waals surface area contributed by atoms with Crippen LogP contribution in [0.1, 0.15) is 12.8 Å². The van der Waals surface area contributed by atoms with Crippen molar-refractivity contribution < 1.29 is 0 Å². The summed E-state index contributed by atoms with van der Waals surface area (Å²) in [6.45, 7) is 0. The van der Waals surface area contributed by atoms with Crippen LogP contribution >= 0.6 is 0 Å². The van der Waals surface area contributed by atoms with E-state index in [2.05, 4.69) is 4.81 Å². The molecule has 1 heteroatoms. The van der Waals surface area contributed by atoms with Crippen LogP contribution in [0.4, 0.5) is 0 Å². The molecule has 1 heterocycles. The van der Waals surface area contributed by atoms with Gasteiger partial charge in [0.1, 0.15) is 0 Å². The fourth-order valence-electron chi connectivity index (χ4n) is 0.456. The van der Waals surface area contributed by atoms with Crippen molar-refractivity contribution in [3.05, 3.63) is 0 Å². The van der Waals surface area contributed by atoms with Gasteiger partial charge in [0.25, 0.3) is 0 Å². The van der Waals surface area contributed by atoms with E-state index in [1.165, 1.54) is 18.1 Å². The Labute approximate surface area is 38.8 Å². The SMILES string of the molecule is C1=[As]CCC1. The molecule has 0 radical (unpaired) electrons. The Kier molecular flexibility index (Phi) is 1.28. The predicted octanol–water partition coefficient (Wildman–Crippen LogP) is 0.705. The molecule has 0 amide bonds. The number of hydrogen-bond donors (Lipinski definition) is 0. The van der Waals surface area contributed by atoms with E-state index in [-0.39, 0.29) is 0 Å². The zero-order valence-corrected chi connectivity index (χ0v) is 5.02. The van der Waals surface area contributed by atoms with E-state index in [9.17, 15) is 0 Å². The van der Waals surface area contributed by atoms with Crippen LogP contribution in [-0.2, 0) is 0 Å². The number of hydrogen-bond acceptors (Lipinski definition) is 0. The molecular weight excluding hydrogens is 123 g/mol. The molecule has 0 aromatic rings. The Hall–Kier alpha value is 0.428. The Bertz CT molecular complexity index is 41.6. The first kappa shape index (κ1) is 3.61. The average Bonchev–Trinajstić information content (AvgIpc) is 1.76. The first-order valence-electron chi connectivity index (χ1n) is 1.98. The topological polar surface area (TPSA) is 0 Å². The van der Waals surface area contributed by atoms with E-state index in [1.54, 1.807) is 0 Å². The van der Waals surface area contributed by atoms with Crippen molar-refractivity contribution in [1.29, 1.82) is 0 Å². The Morgan fingerprint density at radius 3 is 2.80 bits per heavy atom. The summed E-state index contributed by atoms with van der Waals surface area (Å²) in [7, 11) is 0. The summed E-state index contributed by atoms with van der Waals surface area (Å²) < 4.78 is 0. The van der Waals surface area contributed by atoms with Gasteiger partial charge in [0, 0.05) is 0 Å². The first-order chi connectivity index (χ1) is 2.50. The Morgan fingerprint density at radius 2 is 2.60 bits per heavy atom. The molecule has 0 spiro atoms. The summed E-state index contributed by atoms with van der Waals surface area (Å²) in [4.78, 5) is 2.45. The molecule has 5 heavy (non-hydrogen) atoms. The maximum atomic E-state index is 2.45. The third-order valence-electron chi connectivity index (χ3n) is 0.750. The maximum absolute atomic E-state index is 2.45. The molecule has 0 atom stereocenters. The van der Waals surface area contributed by atoms with E-state index < -0.39 is 0 Å². The van der Waals surface area contributed by atoms with Crippen molar-refractivity contribution in [3.8, 4) is 0 Å². The van der Waals surface area contributed by atoms with Gasteiger partial charge in [-0.25, -0.2) is 0 Å². The zero-order valence-electron chi connectivity index (χ0n) is 3.15. The summed E-state index contributed by atoms with van der Waals surface area (Å²) in [6, 6.07) is 0. The third-order valence-corrected chi connectivity index (χ3v) is 3.04. The average molecular weight is 130 g/mol. The molecule has 0 aromatic carbocycles. The standard InChI is InChI=1S/C4H7As/c1-2-4-5-3-1/h3H,1-2,4H2. The van der Waals surface area contributed by atoms with Gasteiger partial charge in [0.2, 0.25) is 0 Å². The van der Waals surface area contributed by atoms with Crippen molar-refractivity contribution >= 4 is 20.1 Å². The summed E-state index contributed by atoms with van der Waals surface area (Å²) in [5, 5.41) is 1.54. The van der Waals surface area contributed by atoms with Crippen LogP contribution in [0.3, 0.4) is 0 Å². The molecular formula is C4H7As. The molecule has 0 bridgehead atoms. The van der Waals surface area contributed by atoms with E-state index >= 15 is 0 Å². The summed E-state index contributed by atoms with van der Waals surface area (Å²) in [5.41, 5.74) is 0. The van der Waals surface area contributed by atoms with Crippen molar-refractivity contribution in [2.45, 2.75) is 18.1 Å². The van der Waals surface area contributed by atoms with Crippen LogP contribution < -0.4 is 0 Å². The van der Waals surface area contributed by atoms with Crippen LogP contribution in [0.5, 0.6) is 0 Å². The normalized spacial score (nSPS) is 24.0. The van der Waals surface area contributed by atoms with Gasteiger partial charge in [-0.05, 0) is 0 Å². The molecule has 0 saturated carbocycles. The molecule has 0 unspecified atom stereocenters. The van der Waals surface area contributed by atoms with Crippen LogP contribution in [-0.4, -0.2) is 20.1 Å². The predicted molar refractivity (Wildman–Crippen MR) is 25.9 cm³/mol. The molecule has 1 aliphatic rings. The third kappa shape index (κ3) is 0.886. The minimum absolute atomic E-state index is 0.729. The summed E-state index contributed by atoms with van der Waals surface area (Å²) >= 11 is 0.729. The molecule has 1 rings (SSSR count). The van der Waals surface area contributed by atoms with Crippen LogP contribution in [0.2, 0.25) is 5.21 Å². The van der Waals surface area contributed by atoms with Gasteiger partial charge >= 0.3 is 38.2 Å².